The van der Waals surface area contributed by atoms with Crippen LogP contribution < -0.4 is 0 Å². The largest absolute Gasteiger partial charge is 0.416 e. The van der Waals surface area contributed by atoms with Gasteiger partial charge in [0.25, 0.3) is 0 Å². The van der Waals surface area contributed by atoms with Gasteiger partial charge in [-0.2, -0.15) is 13.2 Å². The maximum Gasteiger partial charge on any atom is 0.416 e. The molecule has 1 aliphatic heterocycles. The minimum atomic E-state index is -4.32. The Bertz CT molecular complexity index is 453. The topological polar surface area (TPSA) is 29.4 Å². The van der Waals surface area contributed by atoms with E-state index >= 15 is 0 Å². The summed E-state index contributed by atoms with van der Waals surface area (Å²) in [4.78, 5) is 14.6. The third-order valence-corrected chi connectivity index (χ3v) is 3.44. The number of aldehydes is 1. The number of benzene rings is 1. The summed E-state index contributed by atoms with van der Waals surface area (Å²) >= 11 is 1.28. The molecule has 0 spiro atoms. The van der Waals surface area contributed by atoms with E-state index in [0.717, 1.165) is 18.4 Å². The van der Waals surface area contributed by atoms with Crippen molar-refractivity contribution in [1.29, 1.82) is 0 Å². The standard InChI is InChI=1S/C11H8F3NOS/c12-11(13,14)8-3-1-7(2-4-8)10-15-5-9(6-16)17-10/h1-4,6,9H,5H2. The summed E-state index contributed by atoms with van der Waals surface area (Å²) in [6, 6.07) is 4.79. The van der Waals surface area contributed by atoms with E-state index in [1.807, 2.05) is 0 Å². The van der Waals surface area contributed by atoms with Crippen LogP contribution in [0.4, 0.5) is 13.2 Å². The van der Waals surface area contributed by atoms with Gasteiger partial charge in [-0.25, -0.2) is 0 Å². The lowest BCUT2D eigenvalue weighted by atomic mass is 10.1. The number of carbonyl (C=O) groups is 1. The third kappa shape index (κ3) is 2.69. The van der Waals surface area contributed by atoms with Crippen LogP contribution in [-0.2, 0) is 11.0 Å². The lowest BCUT2D eigenvalue weighted by Crippen LogP contribution is -2.06. The Hall–Kier alpha value is -1.30. The molecule has 1 aromatic carbocycles. The van der Waals surface area contributed by atoms with Crippen molar-refractivity contribution in [2.45, 2.75) is 11.4 Å². The average Bonchev–Trinajstić information content (AvgIpc) is 2.76. The number of aliphatic imine (C=N–C) groups is 1. The van der Waals surface area contributed by atoms with Crippen molar-refractivity contribution >= 4 is 23.1 Å². The number of nitrogens with zero attached hydrogens (tertiary/aromatic N) is 1. The SMILES string of the molecule is O=CC1CN=C(c2ccc(C(F)(F)F)cc2)S1. The number of alkyl halides is 3. The molecular formula is C11H8F3NOS. The third-order valence-electron chi connectivity index (χ3n) is 2.29. The quantitative estimate of drug-likeness (QED) is 0.764. The highest BCUT2D eigenvalue weighted by Crippen LogP contribution is 2.30. The molecule has 1 atom stereocenters. The first-order valence-corrected chi connectivity index (χ1v) is 5.72. The van der Waals surface area contributed by atoms with Crippen molar-refractivity contribution < 1.29 is 18.0 Å². The molecule has 0 aromatic heterocycles. The van der Waals surface area contributed by atoms with E-state index in [1.165, 1.54) is 23.9 Å². The summed E-state index contributed by atoms with van der Waals surface area (Å²) in [5.74, 6) is 0. The highest BCUT2D eigenvalue weighted by molar-refractivity contribution is 8.15. The fourth-order valence-corrected chi connectivity index (χ4v) is 2.34. The smallest absolute Gasteiger partial charge is 0.302 e. The van der Waals surface area contributed by atoms with Crippen LogP contribution in [-0.4, -0.2) is 23.1 Å². The first-order chi connectivity index (χ1) is 8.00. The van der Waals surface area contributed by atoms with Crippen LogP contribution in [0.2, 0.25) is 0 Å². The van der Waals surface area contributed by atoms with Gasteiger partial charge in [-0.1, -0.05) is 23.9 Å². The minimum absolute atomic E-state index is 0.215. The van der Waals surface area contributed by atoms with Gasteiger partial charge in [-0.05, 0) is 12.1 Å². The Labute approximate surface area is 99.9 Å². The van der Waals surface area contributed by atoms with Gasteiger partial charge in [0, 0.05) is 5.56 Å². The van der Waals surface area contributed by atoms with Crippen LogP contribution in [0.5, 0.6) is 0 Å². The van der Waals surface area contributed by atoms with E-state index in [0.29, 0.717) is 17.2 Å². The molecule has 0 fully saturated rings. The zero-order chi connectivity index (χ0) is 12.5. The summed E-state index contributed by atoms with van der Waals surface area (Å²) in [5, 5.41) is 0.406. The molecule has 1 heterocycles. The van der Waals surface area contributed by atoms with Crippen LogP contribution in [0, 0.1) is 0 Å². The van der Waals surface area contributed by atoms with Gasteiger partial charge in [-0.15, -0.1) is 0 Å². The molecule has 6 heteroatoms. The van der Waals surface area contributed by atoms with Crippen molar-refractivity contribution in [2.75, 3.05) is 6.54 Å². The Balaban J connectivity index is 2.17. The van der Waals surface area contributed by atoms with Crippen molar-refractivity contribution in [1.82, 2.24) is 0 Å². The average molecular weight is 259 g/mol. The van der Waals surface area contributed by atoms with Crippen molar-refractivity contribution in [2.24, 2.45) is 4.99 Å². The maximum atomic E-state index is 12.3. The Morgan fingerprint density at radius 1 is 1.29 bits per heavy atom. The maximum absolute atomic E-state index is 12.3. The van der Waals surface area contributed by atoms with Gasteiger partial charge in [0.1, 0.15) is 6.29 Å². The van der Waals surface area contributed by atoms with Gasteiger partial charge in [0.15, 0.2) is 0 Å². The summed E-state index contributed by atoms with van der Waals surface area (Å²) in [6.07, 6.45) is -3.53. The molecule has 0 saturated heterocycles. The molecule has 0 bridgehead atoms. The van der Waals surface area contributed by atoms with Gasteiger partial charge < -0.3 is 4.79 Å². The van der Waals surface area contributed by atoms with E-state index < -0.39 is 11.7 Å². The monoisotopic (exact) mass is 259 g/mol. The molecule has 17 heavy (non-hydrogen) atoms. The predicted molar refractivity (Wildman–Crippen MR) is 60.3 cm³/mol. The molecule has 1 unspecified atom stereocenters. The lowest BCUT2D eigenvalue weighted by molar-refractivity contribution is -0.137. The molecule has 0 amide bonds. The lowest BCUT2D eigenvalue weighted by Gasteiger charge is -2.07. The van der Waals surface area contributed by atoms with Gasteiger partial charge in [0.2, 0.25) is 0 Å². The number of thioether (sulfide) groups is 1. The molecule has 1 aliphatic rings. The number of halogens is 3. The Kier molecular flexibility index (Phi) is 3.24. The second-order valence-corrected chi connectivity index (χ2v) is 4.74. The number of rotatable bonds is 2. The predicted octanol–water partition coefficient (Wildman–Crippen LogP) is 2.77. The number of hydrogen-bond acceptors (Lipinski definition) is 3. The molecule has 0 aliphatic carbocycles. The minimum Gasteiger partial charge on any atom is -0.302 e. The van der Waals surface area contributed by atoms with Gasteiger partial charge >= 0.3 is 6.18 Å². The van der Waals surface area contributed by atoms with Crippen LogP contribution in [0.3, 0.4) is 0 Å². The second kappa shape index (κ2) is 4.52. The molecule has 1 aromatic rings. The summed E-state index contributed by atoms with van der Waals surface area (Å²) < 4.78 is 37.0. The van der Waals surface area contributed by atoms with E-state index in [2.05, 4.69) is 4.99 Å². The zero-order valence-electron chi connectivity index (χ0n) is 8.57. The summed E-state index contributed by atoms with van der Waals surface area (Å²) in [5.41, 5.74) is -0.0656. The van der Waals surface area contributed by atoms with Crippen LogP contribution >= 0.6 is 11.8 Å². The fourth-order valence-electron chi connectivity index (χ4n) is 1.42. The first kappa shape index (κ1) is 12.2. The molecule has 0 saturated carbocycles. The molecule has 0 N–H and O–H groups in total. The van der Waals surface area contributed by atoms with E-state index in [1.54, 1.807) is 0 Å². The molecule has 2 rings (SSSR count). The van der Waals surface area contributed by atoms with E-state index in [9.17, 15) is 18.0 Å². The Morgan fingerprint density at radius 3 is 2.41 bits per heavy atom. The number of carbonyl (C=O) groups excluding carboxylic acids is 1. The van der Waals surface area contributed by atoms with Gasteiger partial charge in [0.05, 0.1) is 22.4 Å². The highest BCUT2D eigenvalue weighted by Gasteiger charge is 2.30. The second-order valence-electron chi connectivity index (χ2n) is 3.51. The van der Waals surface area contributed by atoms with E-state index in [4.69, 9.17) is 0 Å². The first-order valence-electron chi connectivity index (χ1n) is 4.85. The molecular weight excluding hydrogens is 251 g/mol. The molecule has 2 nitrogen and oxygen atoms in total. The summed E-state index contributed by atoms with van der Waals surface area (Å²) in [7, 11) is 0. The van der Waals surface area contributed by atoms with Crippen LogP contribution in [0.15, 0.2) is 29.3 Å². The fraction of sp³-hybridized carbons (Fsp3) is 0.273. The Morgan fingerprint density at radius 2 is 1.94 bits per heavy atom. The highest BCUT2D eigenvalue weighted by atomic mass is 32.2. The number of hydrogen-bond donors (Lipinski definition) is 0. The molecule has 0 radical (unpaired) electrons. The van der Waals surface area contributed by atoms with Gasteiger partial charge in [-0.3, -0.25) is 4.99 Å². The van der Waals surface area contributed by atoms with Crippen molar-refractivity contribution in [3.63, 3.8) is 0 Å². The summed E-state index contributed by atoms with van der Waals surface area (Å²) in [6.45, 7) is 0.393. The van der Waals surface area contributed by atoms with E-state index in [-0.39, 0.29) is 5.25 Å². The van der Waals surface area contributed by atoms with Crippen LogP contribution in [0.1, 0.15) is 11.1 Å². The zero-order valence-corrected chi connectivity index (χ0v) is 9.39. The normalized spacial score (nSPS) is 20.2. The van der Waals surface area contributed by atoms with Crippen LogP contribution in [0.25, 0.3) is 0 Å². The van der Waals surface area contributed by atoms with Crippen molar-refractivity contribution in [3.05, 3.63) is 35.4 Å². The van der Waals surface area contributed by atoms with Crippen molar-refractivity contribution in [3.8, 4) is 0 Å². The molecule has 90 valence electrons.